The maximum absolute atomic E-state index is 5.38. The molecule has 0 aliphatic carbocycles. The molecule has 0 spiro atoms. The molecule has 0 saturated heterocycles. The van der Waals surface area contributed by atoms with Gasteiger partial charge in [-0.05, 0) is 0 Å². The first-order chi connectivity index (χ1) is 25.3. The molecule has 5 heteroatoms. The average molecular weight is 716 g/mol. The molecule has 0 amide bonds. The van der Waals surface area contributed by atoms with Crippen molar-refractivity contribution in [3.8, 4) is 33.9 Å². The fourth-order valence-corrected chi connectivity index (χ4v) is 10.1. The summed E-state index contributed by atoms with van der Waals surface area (Å²) in [5.41, 5.74) is 12.2. The Morgan fingerprint density at radius 2 is 1.00 bits per heavy atom. The number of fused-ring (bicyclic) bond motifs is 10. The van der Waals surface area contributed by atoms with Crippen molar-refractivity contribution < 1.29 is 0 Å². The number of nitrogens with zero attached hydrogens (tertiary/aromatic N) is 4. The van der Waals surface area contributed by atoms with Crippen molar-refractivity contribution in [2.24, 2.45) is 0 Å². The van der Waals surface area contributed by atoms with Crippen molar-refractivity contribution in [3.05, 3.63) is 170 Å². The van der Waals surface area contributed by atoms with Gasteiger partial charge in [-0.25, -0.2) is 0 Å². The van der Waals surface area contributed by atoms with Gasteiger partial charge < -0.3 is 0 Å². The second-order valence-corrected chi connectivity index (χ2v) is 15.1. The molecule has 11 rings (SSSR count). The molecule has 0 N–H and O–H groups in total. The molecule has 4 nitrogen and oxygen atoms in total. The standard InChI is InChI=1S/C46H28N4Se/c1-4-14-29(15-5-1)42-43(30-16-6-2-7-17-30)48-46-44(47-42)36-25-24-32(28-40(36)51-46)50-37-22-12-10-20-33(37)34-26-27-39-41(45(34)50)35-21-11-13-23-38(35)49(39)31-18-8-3-9-19-31/h1-28H. The zero-order chi connectivity index (χ0) is 33.5. The zero-order valence-corrected chi connectivity index (χ0v) is 29.1. The van der Waals surface area contributed by atoms with Crippen LogP contribution >= 0.6 is 0 Å². The summed E-state index contributed by atoms with van der Waals surface area (Å²) in [6.07, 6.45) is 0. The number of hydrogen-bond acceptors (Lipinski definition) is 2. The van der Waals surface area contributed by atoms with Crippen molar-refractivity contribution in [3.63, 3.8) is 0 Å². The second-order valence-electron chi connectivity index (χ2n) is 13.0. The van der Waals surface area contributed by atoms with E-state index in [2.05, 4.69) is 173 Å². The maximum atomic E-state index is 5.38. The Morgan fingerprint density at radius 1 is 0.412 bits per heavy atom. The number of benzene rings is 7. The summed E-state index contributed by atoms with van der Waals surface area (Å²) in [5, 5.41) is 6.21. The average Bonchev–Trinajstić information content (AvgIpc) is 3.85. The summed E-state index contributed by atoms with van der Waals surface area (Å²) < 4.78 is 7.29. The van der Waals surface area contributed by atoms with Crippen molar-refractivity contribution in [1.82, 2.24) is 19.1 Å². The summed E-state index contributed by atoms with van der Waals surface area (Å²) in [4.78, 5) is 10.8. The van der Waals surface area contributed by atoms with Crippen LogP contribution in [-0.2, 0) is 0 Å². The summed E-state index contributed by atoms with van der Waals surface area (Å²) in [7, 11) is 0. The fraction of sp³-hybridized carbons (Fsp3) is 0. The topological polar surface area (TPSA) is 35.6 Å². The molecule has 4 heterocycles. The Labute approximate surface area is 299 Å². The van der Waals surface area contributed by atoms with Gasteiger partial charge in [0.25, 0.3) is 0 Å². The molecule has 0 aliphatic rings. The van der Waals surface area contributed by atoms with E-state index < -0.39 is 0 Å². The van der Waals surface area contributed by atoms with E-state index >= 15 is 0 Å². The Balaban J connectivity index is 1.21. The number of aromatic nitrogens is 4. The van der Waals surface area contributed by atoms with Crippen LogP contribution in [0.15, 0.2) is 170 Å². The van der Waals surface area contributed by atoms with Gasteiger partial charge in [-0.3, -0.25) is 0 Å². The molecular formula is C46H28N4Se. The first-order valence-corrected chi connectivity index (χ1v) is 18.9. The summed E-state index contributed by atoms with van der Waals surface area (Å²) in [5.74, 6) is 0. The van der Waals surface area contributed by atoms with E-state index in [0.29, 0.717) is 0 Å². The minimum absolute atomic E-state index is 0.00381. The Kier molecular flexibility index (Phi) is 6.23. The van der Waals surface area contributed by atoms with Gasteiger partial charge in [-0.15, -0.1) is 0 Å². The van der Waals surface area contributed by atoms with E-state index in [1.54, 1.807) is 0 Å². The first kappa shape index (κ1) is 28.6. The third kappa shape index (κ3) is 4.26. The van der Waals surface area contributed by atoms with E-state index in [0.717, 1.165) is 43.8 Å². The van der Waals surface area contributed by atoms with E-state index in [1.807, 2.05) is 6.07 Å². The van der Waals surface area contributed by atoms with Gasteiger partial charge in [-0.1, -0.05) is 0 Å². The summed E-state index contributed by atoms with van der Waals surface area (Å²) in [6.45, 7) is 0. The molecule has 238 valence electrons. The molecule has 0 saturated carbocycles. The molecule has 51 heavy (non-hydrogen) atoms. The molecule has 11 aromatic rings. The zero-order valence-electron chi connectivity index (χ0n) is 27.4. The van der Waals surface area contributed by atoms with Crippen molar-refractivity contribution in [1.29, 1.82) is 0 Å². The van der Waals surface area contributed by atoms with Crippen LogP contribution in [0.1, 0.15) is 0 Å². The number of rotatable bonds is 4. The molecule has 7 aromatic carbocycles. The van der Waals surface area contributed by atoms with Crippen LogP contribution in [-0.4, -0.2) is 33.6 Å². The fourth-order valence-electron chi connectivity index (χ4n) is 7.93. The normalized spacial score (nSPS) is 11.9. The van der Waals surface area contributed by atoms with Gasteiger partial charge in [0.15, 0.2) is 0 Å². The summed E-state index contributed by atoms with van der Waals surface area (Å²) >= 11 is 0.00381. The number of hydrogen-bond donors (Lipinski definition) is 0. The minimum atomic E-state index is 0.00381. The Hall–Kier alpha value is -6.26. The quantitative estimate of drug-likeness (QED) is 0.170. The van der Waals surface area contributed by atoms with Crippen LogP contribution in [0.3, 0.4) is 0 Å². The van der Waals surface area contributed by atoms with Gasteiger partial charge in [-0.2, -0.15) is 0 Å². The Bertz CT molecular complexity index is 3120. The van der Waals surface area contributed by atoms with E-state index in [1.165, 1.54) is 53.3 Å². The molecule has 0 radical (unpaired) electrons. The molecular weight excluding hydrogens is 687 g/mol. The number of para-hydroxylation sites is 3. The predicted octanol–water partition coefficient (Wildman–Crippen LogP) is 11.4. The van der Waals surface area contributed by atoms with Gasteiger partial charge in [0, 0.05) is 0 Å². The molecule has 0 aliphatic heterocycles. The van der Waals surface area contributed by atoms with Crippen molar-refractivity contribution >= 4 is 77.7 Å². The van der Waals surface area contributed by atoms with Crippen LogP contribution < -0.4 is 0 Å². The molecule has 0 unspecified atom stereocenters. The molecule has 0 fully saturated rings. The molecule has 0 atom stereocenters. The predicted molar refractivity (Wildman–Crippen MR) is 214 cm³/mol. The van der Waals surface area contributed by atoms with E-state index in [9.17, 15) is 0 Å². The van der Waals surface area contributed by atoms with Crippen LogP contribution in [0.5, 0.6) is 0 Å². The summed E-state index contributed by atoms with van der Waals surface area (Å²) in [6, 6.07) is 60.8. The van der Waals surface area contributed by atoms with Crippen LogP contribution in [0.2, 0.25) is 0 Å². The van der Waals surface area contributed by atoms with Crippen molar-refractivity contribution in [2.75, 3.05) is 0 Å². The third-order valence-electron chi connectivity index (χ3n) is 10.1. The monoisotopic (exact) mass is 716 g/mol. The second kappa shape index (κ2) is 11.1. The molecule has 0 bridgehead atoms. The SMILES string of the molecule is c1ccc(-c2nc3[se]c4cc(-n5c6ccccc6c6ccc7c(c8ccccc8n7-c7ccccc7)c65)ccc4c3nc2-c2ccccc2)cc1. The van der Waals surface area contributed by atoms with Crippen LogP contribution in [0, 0.1) is 0 Å². The third-order valence-corrected chi connectivity index (χ3v) is 12.3. The van der Waals surface area contributed by atoms with Gasteiger partial charge in [0.2, 0.25) is 0 Å². The van der Waals surface area contributed by atoms with E-state index in [-0.39, 0.29) is 14.5 Å². The van der Waals surface area contributed by atoms with Gasteiger partial charge in [0.1, 0.15) is 0 Å². The van der Waals surface area contributed by atoms with Gasteiger partial charge in [0.05, 0.1) is 0 Å². The van der Waals surface area contributed by atoms with E-state index in [4.69, 9.17) is 9.97 Å². The first-order valence-electron chi connectivity index (χ1n) is 17.2. The van der Waals surface area contributed by atoms with Crippen LogP contribution in [0.25, 0.3) is 97.1 Å². The van der Waals surface area contributed by atoms with Crippen LogP contribution in [0.4, 0.5) is 0 Å². The van der Waals surface area contributed by atoms with Gasteiger partial charge >= 0.3 is 301 Å². The van der Waals surface area contributed by atoms with Crippen molar-refractivity contribution in [2.45, 2.75) is 0 Å². The Morgan fingerprint density at radius 3 is 1.73 bits per heavy atom. The molecule has 4 aromatic heterocycles.